The molecule has 1 amide bonds. The second-order valence-electron chi connectivity index (χ2n) is 8.76. The molecule has 1 fully saturated rings. The lowest BCUT2D eigenvalue weighted by Gasteiger charge is -2.29. The number of rotatable bonds is 5. The number of ether oxygens (including phenoxy) is 1. The summed E-state index contributed by atoms with van der Waals surface area (Å²) in [6.07, 6.45) is 0.575. The minimum Gasteiger partial charge on any atom is -0.456 e. The second kappa shape index (κ2) is 8.73. The number of carbonyl (C=O) groups excluding carboxylic acids is 2. The Morgan fingerprint density at radius 2 is 1.88 bits per heavy atom. The van der Waals surface area contributed by atoms with E-state index in [1.807, 2.05) is 13.0 Å². The molecule has 1 aliphatic heterocycles. The van der Waals surface area contributed by atoms with Gasteiger partial charge in [0.15, 0.2) is 5.11 Å². The third-order valence-electron chi connectivity index (χ3n) is 5.65. The number of amides is 1. The Kier molecular flexibility index (Phi) is 6.51. The first-order valence-corrected chi connectivity index (χ1v) is 11.0. The van der Waals surface area contributed by atoms with Crippen LogP contribution in [0.4, 0.5) is 15.8 Å². The first-order valence-electron chi connectivity index (χ1n) is 10.3. The molecule has 0 bridgehead atoms. The minimum atomic E-state index is -1.14. The molecule has 1 saturated heterocycles. The van der Waals surface area contributed by atoms with Crippen LogP contribution in [0.3, 0.4) is 0 Å². The number of halogens is 2. The fourth-order valence-corrected chi connectivity index (χ4v) is 4.12. The van der Waals surface area contributed by atoms with Gasteiger partial charge in [0.05, 0.1) is 21.8 Å². The second-order valence-corrected chi connectivity index (χ2v) is 9.53. The van der Waals surface area contributed by atoms with Crippen molar-refractivity contribution >= 4 is 52.2 Å². The summed E-state index contributed by atoms with van der Waals surface area (Å²) in [4.78, 5) is 28.5. The summed E-state index contributed by atoms with van der Waals surface area (Å²) in [5.74, 6) is -1.89. The van der Waals surface area contributed by atoms with Crippen LogP contribution in [0, 0.1) is 17.1 Å². The van der Waals surface area contributed by atoms with E-state index in [2.05, 4.69) is 0 Å². The number of hydrogen-bond donors (Lipinski definition) is 0. The van der Waals surface area contributed by atoms with E-state index in [9.17, 15) is 14.0 Å². The molecule has 9 heteroatoms. The lowest BCUT2D eigenvalue weighted by molar-refractivity contribution is -0.120. The molecule has 0 radical (unpaired) electrons. The topological polar surface area (TPSA) is 73.6 Å². The summed E-state index contributed by atoms with van der Waals surface area (Å²) in [6.45, 7) is 8.69. The minimum absolute atomic E-state index is 0.118. The zero-order valence-electron chi connectivity index (χ0n) is 18.9. The molecule has 0 spiro atoms. The zero-order valence-corrected chi connectivity index (χ0v) is 20.5. The molecule has 3 rings (SSSR count). The highest BCUT2D eigenvalue weighted by Gasteiger charge is 2.50. The number of esters is 1. The van der Waals surface area contributed by atoms with Gasteiger partial charge in [0.25, 0.3) is 5.91 Å². The van der Waals surface area contributed by atoms with Crippen molar-refractivity contribution in [3.05, 3.63) is 58.4 Å². The number of carbonyl (C=O) groups is 2. The Bertz CT molecular complexity index is 1210. The maximum absolute atomic E-state index is 14.9. The summed E-state index contributed by atoms with van der Waals surface area (Å²) in [5.41, 5.74) is -1.10. The van der Waals surface area contributed by atoms with Gasteiger partial charge in [-0.3, -0.25) is 9.69 Å². The molecule has 0 saturated carbocycles. The predicted molar refractivity (Wildman–Crippen MR) is 129 cm³/mol. The fraction of sp³-hybridized carbons (Fsp3) is 0.333. The first-order chi connectivity index (χ1) is 15.3. The van der Waals surface area contributed by atoms with Gasteiger partial charge in [-0.2, -0.15) is 5.26 Å². The third kappa shape index (κ3) is 4.43. The number of benzene rings is 2. The predicted octanol–water partition coefficient (Wildman–Crippen LogP) is 5.61. The first kappa shape index (κ1) is 24.6. The molecule has 0 aliphatic carbocycles. The lowest BCUT2D eigenvalue weighted by atomic mass is 10.0. The Morgan fingerprint density at radius 1 is 1.24 bits per heavy atom. The maximum Gasteiger partial charge on any atom is 0.341 e. The lowest BCUT2D eigenvalue weighted by Crippen LogP contribution is -2.44. The van der Waals surface area contributed by atoms with E-state index in [0.717, 1.165) is 6.07 Å². The van der Waals surface area contributed by atoms with Crippen molar-refractivity contribution < 1.29 is 18.7 Å². The van der Waals surface area contributed by atoms with Crippen LogP contribution in [-0.4, -0.2) is 28.1 Å². The van der Waals surface area contributed by atoms with E-state index >= 15 is 0 Å². The smallest absolute Gasteiger partial charge is 0.341 e. The molecule has 1 aliphatic rings. The molecule has 1 heterocycles. The third-order valence-corrected chi connectivity index (χ3v) is 6.33. The molecule has 2 aromatic carbocycles. The van der Waals surface area contributed by atoms with Crippen LogP contribution in [0.1, 0.15) is 57.0 Å². The number of thiocarbonyl (C=S) groups is 1. The van der Waals surface area contributed by atoms with Gasteiger partial charge in [-0.05, 0) is 82.7 Å². The highest BCUT2D eigenvalue weighted by Crippen LogP contribution is 2.38. The highest BCUT2D eigenvalue weighted by molar-refractivity contribution is 7.81. The summed E-state index contributed by atoms with van der Waals surface area (Å²) in [7, 11) is 0. The molecule has 0 N–H and O–H groups in total. The fourth-order valence-electron chi connectivity index (χ4n) is 3.38. The Morgan fingerprint density at radius 3 is 2.42 bits per heavy atom. The molecular weight excluding hydrogens is 465 g/mol. The summed E-state index contributed by atoms with van der Waals surface area (Å²) < 4.78 is 20.3. The number of nitrogens with zero attached hydrogens (tertiary/aromatic N) is 3. The van der Waals surface area contributed by atoms with Crippen molar-refractivity contribution in [1.29, 1.82) is 5.26 Å². The van der Waals surface area contributed by atoms with Crippen LogP contribution in [0.15, 0.2) is 36.4 Å². The van der Waals surface area contributed by atoms with E-state index in [4.69, 9.17) is 33.8 Å². The Balaban J connectivity index is 1.98. The largest absolute Gasteiger partial charge is 0.456 e. The van der Waals surface area contributed by atoms with E-state index < -0.39 is 22.9 Å². The van der Waals surface area contributed by atoms with Crippen LogP contribution in [-0.2, 0) is 9.53 Å². The highest BCUT2D eigenvalue weighted by atomic mass is 35.5. The molecule has 33 heavy (non-hydrogen) atoms. The van der Waals surface area contributed by atoms with Gasteiger partial charge in [0, 0.05) is 5.69 Å². The van der Waals surface area contributed by atoms with Crippen molar-refractivity contribution in [3.63, 3.8) is 0 Å². The van der Waals surface area contributed by atoms with Crippen LogP contribution in [0.2, 0.25) is 5.02 Å². The Hall–Kier alpha value is -3.02. The standard InChI is InChI=1S/C24H23ClFN3O3S/c1-6-23(2,3)32-20(30)17-10-9-16(12-19(17)26)29-22(33)28(21(31)24(29,4)5)15-8-7-14(13-27)18(25)11-15/h7-12H,6H2,1-5H3. The van der Waals surface area contributed by atoms with Gasteiger partial charge < -0.3 is 9.64 Å². The number of nitriles is 1. The Labute approximate surface area is 202 Å². The van der Waals surface area contributed by atoms with Crippen LogP contribution >= 0.6 is 23.8 Å². The monoisotopic (exact) mass is 487 g/mol. The number of anilines is 2. The van der Waals surface area contributed by atoms with Gasteiger partial charge in [-0.25, -0.2) is 9.18 Å². The molecule has 0 atom stereocenters. The van der Waals surface area contributed by atoms with Gasteiger partial charge >= 0.3 is 5.97 Å². The normalized spacial score (nSPS) is 15.6. The van der Waals surface area contributed by atoms with Gasteiger partial charge in [0.2, 0.25) is 0 Å². The number of hydrogen-bond acceptors (Lipinski definition) is 5. The maximum atomic E-state index is 14.9. The molecule has 172 valence electrons. The van der Waals surface area contributed by atoms with E-state index in [1.54, 1.807) is 33.8 Å². The summed E-state index contributed by atoms with van der Waals surface area (Å²) in [5, 5.41) is 9.40. The molecule has 0 unspecified atom stereocenters. The van der Waals surface area contributed by atoms with Gasteiger partial charge in [-0.1, -0.05) is 18.5 Å². The SMILES string of the molecule is CCC(C)(C)OC(=O)c1ccc(N2C(=S)N(c3ccc(C#N)c(Cl)c3)C(=O)C2(C)C)cc1F. The zero-order chi connectivity index (χ0) is 24.7. The van der Waals surface area contributed by atoms with E-state index in [-0.39, 0.29) is 27.2 Å². The molecule has 6 nitrogen and oxygen atoms in total. The van der Waals surface area contributed by atoms with Crippen LogP contribution < -0.4 is 9.80 Å². The quantitative estimate of drug-likeness (QED) is 0.403. The van der Waals surface area contributed by atoms with Gasteiger partial charge in [0.1, 0.15) is 23.0 Å². The molecule has 0 aromatic heterocycles. The summed E-state index contributed by atoms with van der Waals surface area (Å²) in [6, 6.07) is 10.5. The van der Waals surface area contributed by atoms with Crippen molar-refractivity contribution in [2.24, 2.45) is 0 Å². The van der Waals surface area contributed by atoms with Gasteiger partial charge in [-0.15, -0.1) is 0 Å². The van der Waals surface area contributed by atoms with Crippen LogP contribution in [0.5, 0.6) is 0 Å². The molecule has 2 aromatic rings. The van der Waals surface area contributed by atoms with E-state index in [0.29, 0.717) is 17.8 Å². The van der Waals surface area contributed by atoms with Crippen LogP contribution in [0.25, 0.3) is 0 Å². The van der Waals surface area contributed by atoms with Crippen molar-refractivity contribution in [2.45, 2.75) is 52.2 Å². The van der Waals surface area contributed by atoms with Crippen molar-refractivity contribution in [1.82, 2.24) is 0 Å². The average molecular weight is 488 g/mol. The van der Waals surface area contributed by atoms with Crippen molar-refractivity contribution in [2.75, 3.05) is 9.80 Å². The van der Waals surface area contributed by atoms with Crippen molar-refractivity contribution in [3.8, 4) is 6.07 Å². The molecular formula is C24H23ClFN3O3S. The van der Waals surface area contributed by atoms with E-state index in [1.165, 1.54) is 34.1 Å². The average Bonchev–Trinajstić information content (AvgIpc) is 2.91. The summed E-state index contributed by atoms with van der Waals surface area (Å²) >= 11 is 11.7.